The van der Waals surface area contributed by atoms with Gasteiger partial charge in [-0.05, 0) is 38.0 Å². The molecule has 0 N–H and O–H groups in total. The number of anilines is 1. The molecule has 0 bridgehead atoms. The van der Waals surface area contributed by atoms with Crippen molar-refractivity contribution in [2.45, 2.75) is 65.2 Å². The molecule has 0 aromatic heterocycles. The van der Waals surface area contributed by atoms with Crippen molar-refractivity contribution in [1.82, 2.24) is 0 Å². The van der Waals surface area contributed by atoms with Crippen molar-refractivity contribution in [3.8, 4) is 0 Å². The van der Waals surface area contributed by atoms with Gasteiger partial charge in [0.25, 0.3) is 0 Å². The van der Waals surface area contributed by atoms with Crippen LogP contribution in [0, 0.1) is 10.2 Å². The molecule has 0 atom stereocenters. The molecule has 0 saturated heterocycles. The smallest absolute Gasteiger partial charge is 0.209 e. The maximum absolute atomic E-state index is 8.49. The minimum atomic E-state index is -4.94. The van der Waals surface area contributed by atoms with Crippen molar-refractivity contribution in [2.24, 2.45) is 0 Å². The Labute approximate surface area is 241 Å². The topological polar surface area (TPSA) is 98.5 Å². The van der Waals surface area contributed by atoms with E-state index in [2.05, 4.69) is 142 Å². The predicted octanol–water partition coefficient (Wildman–Crippen LogP) is 3.48. The molecule has 0 fully saturated rings. The summed E-state index contributed by atoms with van der Waals surface area (Å²) in [5.74, 6) is 0. The van der Waals surface area contributed by atoms with Gasteiger partial charge in [0.2, 0.25) is 5.69 Å². The number of benzene rings is 2. The van der Waals surface area contributed by atoms with E-state index in [1.165, 1.54) is 33.9 Å². The standard InChI is InChI=1S/C33H41N2.ClHO4/c1-7-24-34-28-20-16-14-18-26(28)32(3,4)30(34)22-12-10-9-11-13-23-31-33(5,6)27-19-15-17-21-29(27)35(31)25-8-2;2-1(3,4)5/h9-23H,7-8,24-25H2,1-6H3;(H,2,3,4,5)/q+1;/p-1. The van der Waals surface area contributed by atoms with Gasteiger partial charge < -0.3 is 4.90 Å². The van der Waals surface area contributed by atoms with Crippen LogP contribution in [0.25, 0.3) is 0 Å². The first kappa shape index (κ1) is 31.5. The van der Waals surface area contributed by atoms with Crippen LogP contribution in [0.2, 0.25) is 0 Å². The van der Waals surface area contributed by atoms with Crippen molar-refractivity contribution >= 4 is 17.1 Å². The lowest BCUT2D eigenvalue weighted by Gasteiger charge is -2.26. The summed E-state index contributed by atoms with van der Waals surface area (Å²) < 4.78 is 36.5. The molecule has 40 heavy (non-hydrogen) atoms. The van der Waals surface area contributed by atoms with Gasteiger partial charge in [-0.25, -0.2) is 18.6 Å². The van der Waals surface area contributed by atoms with Crippen LogP contribution in [0.1, 0.15) is 65.5 Å². The highest BCUT2D eigenvalue weighted by atomic mass is 35.7. The Balaban J connectivity index is 0.000000810. The fraction of sp³-hybridized carbons (Fsp3) is 0.364. The monoisotopic (exact) mass is 564 g/mol. The molecule has 7 heteroatoms. The minimum Gasteiger partial charge on any atom is -0.344 e. The molecule has 0 spiro atoms. The van der Waals surface area contributed by atoms with E-state index in [0.717, 1.165) is 25.9 Å². The fourth-order valence-corrected chi connectivity index (χ4v) is 5.70. The van der Waals surface area contributed by atoms with E-state index >= 15 is 0 Å². The van der Waals surface area contributed by atoms with Gasteiger partial charge in [0.15, 0.2) is 5.71 Å². The van der Waals surface area contributed by atoms with Gasteiger partial charge in [0.1, 0.15) is 6.54 Å². The summed E-state index contributed by atoms with van der Waals surface area (Å²) >= 11 is 0. The second kappa shape index (κ2) is 13.1. The normalized spacial score (nSPS) is 18.6. The third-order valence-corrected chi connectivity index (χ3v) is 7.45. The first-order valence-corrected chi connectivity index (χ1v) is 15.0. The van der Waals surface area contributed by atoms with Gasteiger partial charge in [0.05, 0.1) is 5.41 Å². The largest absolute Gasteiger partial charge is 0.344 e. The Morgan fingerprint density at radius 2 is 1.32 bits per heavy atom. The van der Waals surface area contributed by atoms with Crippen molar-refractivity contribution in [3.63, 3.8) is 0 Å². The number of allylic oxidation sites excluding steroid dienone is 8. The molecule has 0 amide bonds. The van der Waals surface area contributed by atoms with Gasteiger partial charge in [-0.3, -0.25) is 0 Å². The molecule has 214 valence electrons. The second-order valence-corrected chi connectivity index (χ2v) is 11.8. The maximum Gasteiger partial charge on any atom is 0.209 e. The van der Waals surface area contributed by atoms with Gasteiger partial charge in [-0.2, -0.15) is 4.58 Å². The lowest BCUT2D eigenvalue weighted by atomic mass is 9.81. The van der Waals surface area contributed by atoms with E-state index in [1.54, 1.807) is 0 Å². The summed E-state index contributed by atoms with van der Waals surface area (Å²) in [6.07, 6.45) is 17.6. The van der Waals surface area contributed by atoms with E-state index in [1.807, 2.05) is 0 Å². The van der Waals surface area contributed by atoms with E-state index in [-0.39, 0.29) is 10.8 Å². The van der Waals surface area contributed by atoms with Crippen LogP contribution >= 0.6 is 0 Å². The average molecular weight is 565 g/mol. The van der Waals surface area contributed by atoms with Crippen molar-refractivity contribution in [2.75, 3.05) is 18.0 Å². The Hall–Kier alpha value is -3.00. The van der Waals surface area contributed by atoms with Crippen LogP contribution in [-0.2, 0) is 10.8 Å². The summed E-state index contributed by atoms with van der Waals surface area (Å²) in [7, 11) is -4.94. The van der Waals surface area contributed by atoms with Crippen LogP contribution in [0.15, 0.2) is 96.8 Å². The molecule has 2 aromatic rings. The van der Waals surface area contributed by atoms with Gasteiger partial charge >= 0.3 is 0 Å². The van der Waals surface area contributed by atoms with Crippen LogP contribution < -0.4 is 23.5 Å². The van der Waals surface area contributed by atoms with Crippen molar-refractivity contribution < 1.29 is 33.5 Å². The van der Waals surface area contributed by atoms with Crippen LogP contribution in [-0.4, -0.2) is 23.4 Å². The molecular weight excluding hydrogens is 524 g/mol. The van der Waals surface area contributed by atoms with E-state index in [0.29, 0.717) is 0 Å². The molecule has 2 heterocycles. The van der Waals surface area contributed by atoms with Crippen molar-refractivity contribution in [1.29, 1.82) is 0 Å². The molecule has 2 aromatic carbocycles. The summed E-state index contributed by atoms with van der Waals surface area (Å²) in [6, 6.07) is 17.7. The van der Waals surface area contributed by atoms with Crippen LogP contribution in [0.5, 0.6) is 0 Å². The number of fused-ring (bicyclic) bond motifs is 2. The number of nitrogens with zero attached hydrogens (tertiary/aromatic N) is 2. The number of para-hydroxylation sites is 2. The Morgan fingerprint density at radius 3 is 1.98 bits per heavy atom. The molecule has 0 unspecified atom stereocenters. The highest BCUT2D eigenvalue weighted by molar-refractivity contribution is 6.03. The zero-order chi connectivity index (χ0) is 29.6. The Kier molecular flexibility index (Phi) is 10.3. The summed E-state index contributed by atoms with van der Waals surface area (Å²) in [6.45, 7) is 15.9. The van der Waals surface area contributed by atoms with E-state index < -0.39 is 10.2 Å². The van der Waals surface area contributed by atoms with Crippen LogP contribution in [0.4, 0.5) is 11.4 Å². The minimum absolute atomic E-state index is 0.0160. The molecule has 6 nitrogen and oxygen atoms in total. The summed E-state index contributed by atoms with van der Waals surface area (Å²) in [4.78, 5) is 2.49. The molecule has 4 rings (SSSR count). The lowest BCUT2D eigenvalue weighted by molar-refractivity contribution is -2.00. The zero-order valence-electron chi connectivity index (χ0n) is 24.4. The number of rotatable bonds is 8. The number of halogens is 1. The first-order valence-electron chi connectivity index (χ1n) is 13.8. The molecule has 0 radical (unpaired) electrons. The maximum atomic E-state index is 8.49. The molecule has 0 saturated carbocycles. The molecule has 0 aliphatic carbocycles. The highest BCUT2D eigenvalue weighted by Crippen LogP contribution is 2.47. The second-order valence-electron chi connectivity index (χ2n) is 11.0. The van der Waals surface area contributed by atoms with Crippen molar-refractivity contribution in [3.05, 3.63) is 108 Å². The number of hydrogen-bond acceptors (Lipinski definition) is 5. The Bertz CT molecular complexity index is 1320. The molecule has 2 aliphatic rings. The molecule has 2 aliphatic heterocycles. The highest BCUT2D eigenvalue weighted by Gasteiger charge is 2.43. The molecular formula is C33H41ClN2O4. The van der Waals surface area contributed by atoms with E-state index in [4.69, 9.17) is 18.6 Å². The third kappa shape index (κ3) is 7.19. The van der Waals surface area contributed by atoms with Gasteiger partial charge in [-0.1, -0.05) is 94.5 Å². The first-order chi connectivity index (χ1) is 18.8. The predicted molar refractivity (Wildman–Crippen MR) is 152 cm³/mol. The number of hydrogen-bond donors (Lipinski definition) is 0. The summed E-state index contributed by atoms with van der Waals surface area (Å²) in [5, 5.41) is 0. The van der Waals surface area contributed by atoms with Gasteiger partial charge in [0, 0.05) is 47.5 Å². The van der Waals surface area contributed by atoms with E-state index in [9.17, 15) is 0 Å². The quantitative estimate of drug-likeness (QED) is 0.361. The Morgan fingerprint density at radius 1 is 0.750 bits per heavy atom. The lowest BCUT2D eigenvalue weighted by Crippen LogP contribution is -2.68. The SMILES string of the molecule is CCCN1\C(=C/C=C/C=C/C=C/C2=[N+](CCC)c3ccccc3C2(C)C)C(C)(C)c2ccccc21.[O-][Cl+3]([O-])([O-])[O-]. The van der Waals surface area contributed by atoms with Crippen LogP contribution in [0.3, 0.4) is 0 Å². The van der Waals surface area contributed by atoms with Gasteiger partial charge in [-0.15, -0.1) is 10.2 Å². The fourth-order valence-electron chi connectivity index (χ4n) is 5.70. The average Bonchev–Trinajstić information content (AvgIpc) is 3.22. The summed E-state index contributed by atoms with van der Waals surface area (Å²) in [5.41, 5.74) is 8.32. The zero-order valence-corrected chi connectivity index (χ0v) is 25.1. The third-order valence-electron chi connectivity index (χ3n) is 7.45.